The summed E-state index contributed by atoms with van der Waals surface area (Å²) < 4.78 is 0. The Morgan fingerprint density at radius 3 is 2.50 bits per heavy atom. The molecule has 0 saturated carbocycles. The summed E-state index contributed by atoms with van der Waals surface area (Å²) in [5.74, 6) is 1.28. The summed E-state index contributed by atoms with van der Waals surface area (Å²) in [4.78, 5) is 15.7. The van der Waals surface area contributed by atoms with Gasteiger partial charge in [-0.25, -0.2) is 5.01 Å². The molecule has 0 fully saturated rings. The van der Waals surface area contributed by atoms with Gasteiger partial charge in [-0.05, 0) is 23.3 Å². The van der Waals surface area contributed by atoms with Gasteiger partial charge in [-0.1, -0.05) is 65.8 Å². The molecule has 1 amide bonds. The van der Waals surface area contributed by atoms with Crippen LogP contribution in [0.5, 0.6) is 0 Å². The number of thioether (sulfide) groups is 1. The van der Waals surface area contributed by atoms with Crippen molar-refractivity contribution in [2.24, 2.45) is 10.1 Å². The van der Waals surface area contributed by atoms with E-state index in [9.17, 15) is 4.79 Å². The van der Waals surface area contributed by atoms with Gasteiger partial charge in [-0.2, -0.15) is 10.1 Å². The van der Waals surface area contributed by atoms with E-state index in [-0.39, 0.29) is 11.3 Å². The zero-order chi connectivity index (χ0) is 16.5. The van der Waals surface area contributed by atoms with E-state index >= 15 is 0 Å². The van der Waals surface area contributed by atoms with E-state index in [2.05, 4.69) is 17.1 Å². The second kappa shape index (κ2) is 6.42. The summed E-state index contributed by atoms with van der Waals surface area (Å²) >= 11 is 7.23. The number of nitrogens with zero attached hydrogens (tertiary/aromatic N) is 3. The normalized spacial score (nSPS) is 20.3. The van der Waals surface area contributed by atoms with Crippen LogP contribution in [0.1, 0.15) is 23.6 Å². The summed E-state index contributed by atoms with van der Waals surface area (Å²) in [7, 11) is 0. The lowest BCUT2D eigenvalue weighted by molar-refractivity contribution is 0.267. The minimum Gasteiger partial charge on any atom is -0.259 e. The first-order valence-electron chi connectivity index (χ1n) is 7.62. The number of hydrogen-bond donors (Lipinski definition) is 0. The van der Waals surface area contributed by atoms with Gasteiger partial charge in [0.2, 0.25) is 0 Å². The highest BCUT2D eigenvalue weighted by Gasteiger charge is 2.34. The second-order valence-corrected chi connectivity index (χ2v) is 6.97. The van der Waals surface area contributed by atoms with Crippen LogP contribution in [0.3, 0.4) is 0 Å². The molecule has 0 aliphatic carbocycles. The molecule has 0 spiro atoms. The number of rotatable bonds is 2. The van der Waals surface area contributed by atoms with Gasteiger partial charge in [0, 0.05) is 11.4 Å². The highest BCUT2D eigenvalue weighted by Crippen LogP contribution is 2.35. The van der Waals surface area contributed by atoms with E-state index in [1.807, 2.05) is 47.5 Å². The Morgan fingerprint density at radius 1 is 1.08 bits per heavy atom. The fourth-order valence-electron chi connectivity index (χ4n) is 2.91. The second-order valence-electron chi connectivity index (χ2n) is 5.61. The van der Waals surface area contributed by atoms with Crippen LogP contribution in [0.4, 0.5) is 4.79 Å². The average Bonchev–Trinajstić information content (AvgIpc) is 3.23. The molecule has 2 aromatic carbocycles. The third kappa shape index (κ3) is 2.97. The number of benzene rings is 2. The highest BCUT2D eigenvalue weighted by atomic mass is 35.5. The molecule has 1 atom stereocenters. The average molecular weight is 356 g/mol. The number of hydrazone groups is 1. The molecule has 4 rings (SSSR count). The molecule has 24 heavy (non-hydrogen) atoms. The Kier molecular flexibility index (Phi) is 4.12. The van der Waals surface area contributed by atoms with E-state index in [0.29, 0.717) is 10.8 Å². The van der Waals surface area contributed by atoms with Crippen LogP contribution in [-0.4, -0.2) is 27.5 Å². The van der Waals surface area contributed by atoms with Gasteiger partial charge < -0.3 is 0 Å². The lowest BCUT2D eigenvalue weighted by atomic mass is 9.98. The number of carbonyl (C=O) groups is 1. The van der Waals surface area contributed by atoms with Crippen molar-refractivity contribution in [2.75, 3.05) is 5.75 Å². The van der Waals surface area contributed by atoms with Crippen molar-refractivity contribution in [3.8, 4) is 0 Å². The standard InChI is InChI=1S/C18H14ClN3OS/c19-14-8-6-13(7-9-14)16-10-15(12-4-2-1-3-5-12)21-22(16)17-11-24-18(23)20-17/h1-9,16H,10-11H2/t16-/m1/s1. The lowest BCUT2D eigenvalue weighted by Gasteiger charge is -2.23. The Hall–Kier alpha value is -2.11. The van der Waals surface area contributed by atoms with Gasteiger partial charge >= 0.3 is 5.24 Å². The maximum atomic E-state index is 11.5. The van der Waals surface area contributed by atoms with Crippen LogP contribution >= 0.6 is 23.4 Å². The SMILES string of the molecule is O=C1N=C(N2N=C(c3ccccc3)C[C@@H]2c2ccc(Cl)cc2)CS1. The van der Waals surface area contributed by atoms with Crippen molar-refractivity contribution < 1.29 is 4.79 Å². The van der Waals surface area contributed by atoms with Crippen molar-refractivity contribution in [1.82, 2.24) is 5.01 Å². The molecule has 0 aromatic heterocycles. The summed E-state index contributed by atoms with van der Waals surface area (Å²) in [6, 6.07) is 17.9. The van der Waals surface area contributed by atoms with Crippen molar-refractivity contribution >= 4 is 40.1 Å². The number of amidine groups is 1. The first-order valence-corrected chi connectivity index (χ1v) is 8.99. The Bertz CT molecular complexity index is 833. The molecule has 2 aliphatic heterocycles. The molecule has 2 aromatic rings. The number of aliphatic imine (C=N–C) groups is 1. The van der Waals surface area contributed by atoms with Gasteiger partial charge in [0.25, 0.3) is 0 Å². The first-order chi connectivity index (χ1) is 11.7. The third-order valence-electron chi connectivity index (χ3n) is 4.08. The Labute approximate surface area is 149 Å². The van der Waals surface area contributed by atoms with E-state index in [1.54, 1.807) is 0 Å². The predicted molar refractivity (Wildman–Crippen MR) is 98.9 cm³/mol. The maximum absolute atomic E-state index is 11.5. The first kappa shape index (κ1) is 15.4. The van der Waals surface area contributed by atoms with E-state index < -0.39 is 0 Å². The molecule has 2 aliphatic rings. The minimum atomic E-state index is -0.150. The molecular weight excluding hydrogens is 342 g/mol. The van der Waals surface area contributed by atoms with Crippen molar-refractivity contribution in [1.29, 1.82) is 0 Å². The smallest absolute Gasteiger partial charge is 0.259 e. The van der Waals surface area contributed by atoms with E-state index in [1.165, 1.54) is 11.8 Å². The van der Waals surface area contributed by atoms with Crippen LogP contribution in [0.25, 0.3) is 0 Å². The van der Waals surface area contributed by atoms with Gasteiger partial charge in [-0.3, -0.25) is 4.79 Å². The Balaban J connectivity index is 1.71. The topological polar surface area (TPSA) is 45.0 Å². The fourth-order valence-corrected chi connectivity index (χ4v) is 3.66. The molecule has 4 nitrogen and oxygen atoms in total. The highest BCUT2D eigenvalue weighted by molar-refractivity contribution is 8.14. The van der Waals surface area contributed by atoms with Gasteiger partial charge in [0.1, 0.15) is 5.84 Å². The summed E-state index contributed by atoms with van der Waals surface area (Å²) in [5.41, 5.74) is 3.21. The van der Waals surface area contributed by atoms with E-state index in [4.69, 9.17) is 16.7 Å². The number of amides is 1. The largest absolute Gasteiger partial charge is 0.307 e. The lowest BCUT2D eigenvalue weighted by Crippen LogP contribution is -2.27. The number of halogens is 1. The third-order valence-corrected chi connectivity index (χ3v) is 5.07. The molecule has 0 saturated heterocycles. The Morgan fingerprint density at radius 2 is 1.83 bits per heavy atom. The van der Waals surface area contributed by atoms with Crippen LogP contribution in [0, 0.1) is 0 Å². The predicted octanol–water partition coefficient (Wildman–Crippen LogP) is 4.76. The zero-order valence-electron chi connectivity index (χ0n) is 12.7. The molecule has 0 N–H and O–H groups in total. The molecule has 0 bridgehead atoms. The summed E-state index contributed by atoms with van der Waals surface area (Å²) in [5, 5.41) is 7.22. The van der Waals surface area contributed by atoms with Crippen molar-refractivity contribution in [3.05, 3.63) is 70.7 Å². The minimum absolute atomic E-state index is 0.0303. The molecule has 0 radical (unpaired) electrons. The van der Waals surface area contributed by atoms with Crippen LogP contribution in [-0.2, 0) is 0 Å². The van der Waals surface area contributed by atoms with Crippen LogP contribution in [0.15, 0.2) is 64.7 Å². The summed E-state index contributed by atoms with van der Waals surface area (Å²) in [6.07, 6.45) is 0.767. The molecule has 6 heteroatoms. The molecule has 2 heterocycles. The maximum Gasteiger partial charge on any atom is 0.307 e. The van der Waals surface area contributed by atoms with Gasteiger partial charge in [0.05, 0.1) is 17.5 Å². The zero-order valence-corrected chi connectivity index (χ0v) is 14.3. The van der Waals surface area contributed by atoms with E-state index in [0.717, 1.165) is 29.1 Å². The quantitative estimate of drug-likeness (QED) is 0.780. The number of hydrogen-bond acceptors (Lipinski definition) is 4. The molecule has 120 valence electrons. The summed E-state index contributed by atoms with van der Waals surface area (Å²) in [6.45, 7) is 0. The van der Waals surface area contributed by atoms with Gasteiger partial charge in [0.15, 0.2) is 0 Å². The monoisotopic (exact) mass is 355 g/mol. The number of carbonyl (C=O) groups excluding carboxylic acids is 1. The van der Waals surface area contributed by atoms with Crippen molar-refractivity contribution in [2.45, 2.75) is 12.5 Å². The van der Waals surface area contributed by atoms with Crippen LogP contribution in [0.2, 0.25) is 5.02 Å². The fraction of sp³-hybridized carbons (Fsp3) is 0.167. The molecular formula is C18H14ClN3OS. The van der Waals surface area contributed by atoms with Gasteiger partial charge in [-0.15, -0.1) is 0 Å². The van der Waals surface area contributed by atoms with Crippen molar-refractivity contribution in [3.63, 3.8) is 0 Å². The molecule has 0 unspecified atom stereocenters. The van der Waals surface area contributed by atoms with Crippen LogP contribution < -0.4 is 0 Å².